The van der Waals surface area contributed by atoms with Gasteiger partial charge in [0.05, 0.1) is 0 Å². The molecule has 2 unspecified atom stereocenters. The van der Waals surface area contributed by atoms with E-state index in [0.717, 1.165) is 25.7 Å². The first-order valence-corrected chi connectivity index (χ1v) is 9.95. The van der Waals surface area contributed by atoms with E-state index in [9.17, 15) is 9.59 Å². The topological polar surface area (TPSA) is 66.6 Å². The van der Waals surface area contributed by atoms with Crippen molar-refractivity contribution in [1.82, 2.24) is 9.80 Å². The standard InChI is InChI=1S/C19H33N3O2.ClH/c20-17-8-4-7-16(14-17)19(24)22-11-9-21(10-12-22)18(23)13-15-5-2-1-3-6-15;/h15-17H,1-14,20H2;1H. The minimum Gasteiger partial charge on any atom is -0.339 e. The highest BCUT2D eigenvalue weighted by molar-refractivity contribution is 5.85. The van der Waals surface area contributed by atoms with E-state index in [1.165, 1.54) is 32.1 Å². The van der Waals surface area contributed by atoms with Crippen LogP contribution in [0.2, 0.25) is 0 Å². The summed E-state index contributed by atoms with van der Waals surface area (Å²) in [5.74, 6) is 1.27. The molecule has 3 aliphatic rings. The van der Waals surface area contributed by atoms with Gasteiger partial charge in [0.15, 0.2) is 0 Å². The van der Waals surface area contributed by atoms with Gasteiger partial charge in [-0.15, -0.1) is 12.4 Å². The van der Waals surface area contributed by atoms with Crippen molar-refractivity contribution in [2.75, 3.05) is 26.2 Å². The summed E-state index contributed by atoms with van der Waals surface area (Å²) in [6.45, 7) is 2.80. The molecule has 6 heteroatoms. The number of hydrogen-bond donors (Lipinski definition) is 1. The van der Waals surface area contributed by atoms with Crippen molar-refractivity contribution in [1.29, 1.82) is 0 Å². The quantitative estimate of drug-likeness (QED) is 0.829. The molecular weight excluding hydrogens is 338 g/mol. The number of amides is 2. The van der Waals surface area contributed by atoms with Gasteiger partial charge >= 0.3 is 0 Å². The van der Waals surface area contributed by atoms with E-state index in [2.05, 4.69) is 0 Å². The predicted octanol–water partition coefficient (Wildman–Crippen LogP) is 2.57. The molecule has 0 aromatic heterocycles. The molecule has 0 aromatic rings. The SMILES string of the molecule is Cl.NC1CCCC(C(=O)N2CCN(C(=O)CC3CCCCC3)CC2)C1. The van der Waals surface area contributed by atoms with Crippen molar-refractivity contribution in [3.63, 3.8) is 0 Å². The summed E-state index contributed by atoms with van der Waals surface area (Å²) < 4.78 is 0. The van der Waals surface area contributed by atoms with Gasteiger partial charge in [-0.25, -0.2) is 0 Å². The minimum absolute atomic E-state index is 0. The van der Waals surface area contributed by atoms with Crippen LogP contribution in [0.15, 0.2) is 0 Å². The molecule has 1 saturated heterocycles. The number of carbonyl (C=O) groups is 2. The molecule has 1 aliphatic heterocycles. The molecule has 144 valence electrons. The van der Waals surface area contributed by atoms with Crippen molar-refractivity contribution in [3.8, 4) is 0 Å². The molecule has 5 nitrogen and oxygen atoms in total. The molecule has 2 amide bonds. The van der Waals surface area contributed by atoms with Crippen LogP contribution in [0.1, 0.15) is 64.2 Å². The van der Waals surface area contributed by atoms with Crippen LogP contribution in [0, 0.1) is 11.8 Å². The fourth-order valence-electron chi connectivity index (χ4n) is 4.65. The van der Waals surface area contributed by atoms with E-state index < -0.39 is 0 Å². The summed E-state index contributed by atoms with van der Waals surface area (Å²) in [4.78, 5) is 29.1. The molecule has 0 spiro atoms. The van der Waals surface area contributed by atoms with Crippen molar-refractivity contribution in [3.05, 3.63) is 0 Å². The van der Waals surface area contributed by atoms with Gasteiger partial charge in [-0.2, -0.15) is 0 Å². The fraction of sp³-hybridized carbons (Fsp3) is 0.895. The third kappa shape index (κ3) is 5.58. The van der Waals surface area contributed by atoms with E-state index in [1.807, 2.05) is 9.80 Å². The zero-order chi connectivity index (χ0) is 16.9. The lowest BCUT2D eigenvalue weighted by atomic mass is 9.85. The van der Waals surface area contributed by atoms with Crippen molar-refractivity contribution in [2.45, 2.75) is 70.3 Å². The molecule has 25 heavy (non-hydrogen) atoms. The summed E-state index contributed by atoms with van der Waals surface area (Å²) in [6, 6.07) is 0.186. The maximum atomic E-state index is 12.7. The number of piperazine rings is 1. The lowest BCUT2D eigenvalue weighted by Gasteiger charge is -2.38. The van der Waals surface area contributed by atoms with Crippen LogP contribution in [-0.2, 0) is 9.59 Å². The number of carbonyl (C=O) groups excluding carboxylic acids is 2. The van der Waals surface area contributed by atoms with Crippen molar-refractivity contribution in [2.24, 2.45) is 17.6 Å². The highest BCUT2D eigenvalue weighted by Crippen LogP contribution is 2.28. The Kier molecular flexibility index (Phi) is 8.01. The third-order valence-corrected chi connectivity index (χ3v) is 6.20. The van der Waals surface area contributed by atoms with Gasteiger partial charge in [0.2, 0.25) is 11.8 Å². The molecule has 2 saturated carbocycles. The summed E-state index contributed by atoms with van der Waals surface area (Å²) in [7, 11) is 0. The largest absolute Gasteiger partial charge is 0.339 e. The fourth-order valence-corrected chi connectivity index (χ4v) is 4.65. The zero-order valence-corrected chi connectivity index (χ0v) is 16.1. The molecule has 1 heterocycles. The summed E-state index contributed by atoms with van der Waals surface area (Å²) in [6.07, 6.45) is 11.0. The maximum absolute atomic E-state index is 12.7. The Bertz CT molecular complexity index is 446. The first kappa shape index (κ1) is 20.5. The summed E-state index contributed by atoms with van der Waals surface area (Å²) in [5, 5.41) is 0. The van der Waals surface area contributed by atoms with Gasteiger partial charge in [0.25, 0.3) is 0 Å². The van der Waals surface area contributed by atoms with Crippen LogP contribution in [0.25, 0.3) is 0 Å². The van der Waals surface area contributed by atoms with Crippen LogP contribution >= 0.6 is 12.4 Å². The highest BCUT2D eigenvalue weighted by atomic mass is 35.5. The Morgan fingerprint density at radius 3 is 2.12 bits per heavy atom. The first-order valence-electron chi connectivity index (χ1n) is 9.95. The van der Waals surface area contributed by atoms with Gasteiger partial charge in [0, 0.05) is 44.6 Å². The Morgan fingerprint density at radius 1 is 0.840 bits per heavy atom. The Hall–Kier alpha value is -0.810. The van der Waals surface area contributed by atoms with E-state index in [1.54, 1.807) is 0 Å². The average molecular weight is 372 g/mol. The molecule has 3 fully saturated rings. The first-order chi connectivity index (χ1) is 11.6. The van der Waals surface area contributed by atoms with Gasteiger partial charge in [-0.1, -0.05) is 25.7 Å². The number of halogens is 1. The van der Waals surface area contributed by atoms with Gasteiger partial charge in [-0.05, 0) is 38.0 Å². The van der Waals surface area contributed by atoms with Crippen molar-refractivity contribution < 1.29 is 9.59 Å². The van der Waals surface area contributed by atoms with E-state index in [4.69, 9.17) is 5.73 Å². The lowest BCUT2D eigenvalue weighted by molar-refractivity contribution is -0.143. The minimum atomic E-state index is 0. The molecule has 2 atom stereocenters. The Morgan fingerprint density at radius 2 is 1.48 bits per heavy atom. The summed E-state index contributed by atoms with van der Waals surface area (Å²) >= 11 is 0. The number of hydrogen-bond acceptors (Lipinski definition) is 3. The highest BCUT2D eigenvalue weighted by Gasteiger charge is 2.32. The van der Waals surface area contributed by atoms with E-state index in [-0.39, 0.29) is 30.3 Å². The van der Waals surface area contributed by atoms with Crippen LogP contribution < -0.4 is 5.73 Å². The number of rotatable bonds is 3. The average Bonchev–Trinajstić information content (AvgIpc) is 2.62. The second-order valence-electron chi connectivity index (χ2n) is 8.04. The van der Waals surface area contributed by atoms with Crippen molar-refractivity contribution >= 4 is 24.2 Å². The van der Waals surface area contributed by atoms with E-state index >= 15 is 0 Å². The van der Waals surface area contributed by atoms with Crippen LogP contribution in [0.4, 0.5) is 0 Å². The lowest BCUT2D eigenvalue weighted by Crippen LogP contribution is -2.52. The molecule has 0 bridgehead atoms. The number of nitrogens with two attached hydrogens (primary N) is 1. The maximum Gasteiger partial charge on any atom is 0.225 e. The van der Waals surface area contributed by atoms with Crippen LogP contribution in [-0.4, -0.2) is 53.8 Å². The normalized spacial score (nSPS) is 28.4. The summed E-state index contributed by atoms with van der Waals surface area (Å²) in [5.41, 5.74) is 6.02. The Balaban J connectivity index is 0.00000225. The van der Waals surface area contributed by atoms with Crippen LogP contribution in [0.5, 0.6) is 0 Å². The van der Waals surface area contributed by atoms with Gasteiger partial charge < -0.3 is 15.5 Å². The van der Waals surface area contributed by atoms with Crippen LogP contribution in [0.3, 0.4) is 0 Å². The zero-order valence-electron chi connectivity index (χ0n) is 15.3. The third-order valence-electron chi connectivity index (χ3n) is 6.20. The molecule has 0 radical (unpaired) electrons. The molecule has 3 rings (SSSR count). The van der Waals surface area contributed by atoms with E-state index in [0.29, 0.717) is 44.4 Å². The van der Waals surface area contributed by atoms with Gasteiger partial charge in [0.1, 0.15) is 0 Å². The molecular formula is C19H34ClN3O2. The predicted molar refractivity (Wildman–Crippen MR) is 102 cm³/mol. The smallest absolute Gasteiger partial charge is 0.225 e. The molecule has 0 aromatic carbocycles. The molecule has 2 N–H and O–H groups in total. The Labute approximate surface area is 158 Å². The second kappa shape index (κ2) is 9.77. The van der Waals surface area contributed by atoms with Gasteiger partial charge in [-0.3, -0.25) is 9.59 Å². The monoisotopic (exact) mass is 371 g/mol. The second-order valence-corrected chi connectivity index (χ2v) is 8.04. The molecule has 2 aliphatic carbocycles. The number of nitrogens with zero attached hydrogens (tertiary/aromatic N) is 2.